The lowest BCUT2D eigenvalue weighted by atomic mass is 10.3. The summed E-state index contributed by atoms with van der Waals surface area (Å²) in [4.78, 5) is 0. The molecule has 0 fully saturated rings. The van der Waals surface area contributed by atoms with Crippen LogP contribution < -0.4 is 10.1 Å². The molecule has 102 valence electrons. The van der Waals surface area contributed by atoms with Crippen molar-refractivity contribution in [3.8, 4) is 5.75 Å². The van der Waals surface area contributed by atoms with E-state index in [4.69, 9.17) is 16.3 Å². The zero-order valence-electron chi connectivity index (χ0n) is 10.3. The van der Waals surface area contributed by atoms with Crippen LogP contribution in [0.3, 0.4) is 0 Å². The van der Waals surface area contributed by atoms with E-state index < -0.39 is 0 Å². The molecule has 1 heterocycles. The highest BCUT2D eigenvalue weighted by Gasteiger charge is 2.07. The van der Waals surface area contributed by atoms with E-state index in [0.29, 0.717) is 17.4 Å². The Morgan fingerprint density at radius 3 is 3.05 bits per heavy atom. The molecular formula is C12H13BrClN3OS. The van der Waals surface area contributed by atoms with Crippen molar-refractivity contribution in [1.82, 2.24) is 10.2 Å². The van der Waals surface area contributed by atoms with Crippen molar-refractivity contribution in [3.05, 3.63) is 32.7 Å². The molecule has 2 aromatic rings. The molecule has 0 amide bonds. The number of aromatic nitrogens is 2. The van der Waals surface area contributed by atoms with E-state index in [1.807, 2.05) is 12.1 Å². The van der Waals surface area contributed by atoms with E-state index in [0.717, 1.165) is 27.6 Å². The van der Waals surface area contributed by atoms with E-state index in [9.17, 15) is 0 Å². The number of hydrogen-bond acceptors (Lipinski definition) is 5. The Morgan fingerprint density at radius 2 is 2.26 bits per heavy atom. The van der Waals surface area contributed by atoms with Gasteiger partial charge in [-0.05, 0) is 24.6 Å². The lowest BCUT2D eigenvalue weighted by Gasteiger charge is -2.06. The molecule has 0 radical (unpaired) electrons. The number of halogens is 2. The van der Waals surface area contributed by atoms with Gasteiger partial charge in [0.05, 0.1) is 5.02 Å². The van der Waals surface area contributed by atoms with Crippen molar-refractivity contribution >= 4 is 44.0 Å². The van der Waals surface area contributed by atoms with Crippen molar-refractivity contribution in [2.24, 2.45) is 0 Å². The van der Waals surface area contributed by atoms with Gasteiger partial charge in [-0.25, -0.2) is 0 Å². The molecule has 0 aliphatic heterocycles. The third-order valence-electron chi connectivity index (χ3n) is 2.24. The standard InChI is InChI=1S/C12H13BrClN3OS/c1-2-5-15-12-17-16-11(19-12)7-18-10-6-8(13)3-4-9(10)14/h3-4,6H,2,5,7H2,1H3,(H,15,17). The lowest BCUT2D eigenvalue weighted by molar-refractivity contribution is 0.304. The van der Waals surface area contributed by atoms with Crippen LogP contribution >= 0.6 is 38.9 Å². The van der Waals surface area contributed by atoms with Crippen LogP contribution in [0.15, 0.2) is 22.7 Å². The minimum absolute atomic E-state index is 0.363. The highest BCUT2D eigenvalue weighted by atomic mass is 79.9. The summed E-state index contributed by atoms with van der Waals surface area (Å²) in [5.74, 6) is 0.634. The third-order valence-corrected chi connectivity index (χ3v) is 3.90. The first-order chi connectivity index (χ1) is 9.19. The van der Waals surface area contributed by atoms with Crippen molar-refractivity contribution in [3.63, 3.8) is 0 Å². The van der Waals surface area contributed by atoms with Gasteiger partial charge in [0.25, 0.3) is 0 Å². The molecule has 1 N–H and O–H groups in total. The minimum Gasteiger partial charge on any atom is -0.485 e. The summed E-state index contributed by atoms with van der Waals surface area (Å²) in [6, 6.07) is 5.49. The Kier molecular flexibility index (Phi) is 5.42. The maximum absolute atomic E-state index is 6.05. The molecule has 2 rings (SSSR count). The van der Waals surface area contributed by atoms with Gasteiger partial charge in [-0.1, -0.05) is 45.8 Å². The average Bonchev–Trinajstić information content (AvgIpc) is 2.85. The summed E-state index contributed by atoms with van der Waals surface area (Å²) >= 11 is 10.9. The SMILES string of the molecule is CCCNc1nnc(COc2cc(Br)ccc2Cl)s1. The molecule has 1 aromatic carbocycles. The molecule has 0 aliphatic carbocycles. The van der Waals surface area contributed by atoms with Crippen LogP contribution in [0.4, 0.5) is 5.13 Å². The molecule has 0 aliphatic rings. The zero-order chi connectivity index (χ0) is 13.7. The number of anilines is 1. The summed E-state index contributed by atoms with van der Waals surface area (Å²) < 4.78 is 6.57. The van der Waals surface area contributed by atoms with Crippen molar-refractivity contribution in [2.75, 3.05) is 11.9 Å². The first-order valence-corrected chi connectivity index (χ1v) is 7.82. The van der Waals surface area contributed by atoms with Crippen LogP contribution in [-0.4, -0.2) is 16.7 Å². The highest BCUT2D eigenvalue weighted by molar-refractivity contribution is 9.10. The summed E-state index contributed by atoms with van der Waals surface area (Å²) in [6.07, 6.45) is 1.05. The summed E-state index contributed by atoms with van der Waals surface area (Å²) in [7, 11) is 0. The minimum atomic E-state index is 0.363. The van der Waals surface area contributed by atoms with E-state index >= 15 is 0 Å². The number of nitrogens with zero attached hydrogens (tertiary/aromatic N) is 2. The second-order valence-corrected chi connectivity index (χ2v) is 6.18. The highest BCUT2D eigenvalue weighted by Crippen LogP contribution is 2.29. The summed E-state index contributed by atoms with van der Waals surface area (Å²) in [6.45, 7) is 3.36. The number of nitrogens with one attached hydrogen (secondary N) is 1. The largest absolute Gasteiger partial charge is 0.485 e. The van der Waals surface area contributed by atoms with Gasteiger partial charge in [0, 0.05) is 11.0 Å². The van der Waals surface area contributed by atoms with E-state index in [-0.39, 0.29) is 0 Å². The van der Waals surface area contributed by atoms with Gasteiger partial charge in [0.15, 0.2) is 5.01 Å². The Balaban J connectivity index is 1.94. The van der Waals surface area contributed by atoms with Gasteiger partial charge in [0.1, 0.15) is 12.4 Å². The van der Waals surface area contributed by atoms with Gasteiger partial charge in [-0.15, -0.1) is 10.2 Å². The third kappa shape index (κ3) is 4.33. The van der Waals surface area contributed by atoms with Gasteiger partial charge in [-0.3, -0.25) is 0 Å². The molecular weight excluding hydrogens is 350 g/mol. The van der Waals surface area contributed by atoms with E-state index in [1.54, 1.807) is 6.07 Å². The predicted octanol–water partition coefficient (Wildman–Crippen LogP) is 4.35. The Hall–Kier alpha value is -0.850. The van der Waals surface area contributed by atoms with Crippen molar-refractivity contribution in [2.45, 2.75) is 20.0 Å². The van der Waals surface area contributed by atoms with Gasteiger partial charge >= 0.3 is 0 Å². The quantitative estimate of drug-likeness (QED) is 0.829. The predicted molar refractivity (Wildman–Crippen MR) is 82.2 cm³/mol. The van der Waals surface area contributed by atoms with E-state index in [1.165, 1.54) is 11.3 Å². The lowest BCUT2D eigenvalue weighted by Crippen LogP contribution is -1.98. The first-order valence-electron chi connectivity index (χ1n) is 5.83. The molecule has 7 heteroatoms. The molecule has 0 saturated carbocycles. The Labute approximate surface area is 129 Å². The second kappa shape index (κ2) is 7.07. The van der Waals surface area contributed by atoms with Gasteiger partial charge in [-0.2, -0.15) is 0 Å². The smallest absolute Gasteiger partial charge is 0.205 e. The normalized spacial score (nSPS) is 10.5. The van der Waals surface area contributed by atoms with E-state index in [2.05, 4.69) is 38.4 Å². The fraction of sp³-hybridized carbons (Fsp3) is 0.333. The van der Waals surface area contributed by atoms with Crippen LogP contribution in [0, 0.1) is 0 Å². The molecule has 19 heavy (non-hydrogen) atoms. The van der Waals surface area contributed by atoms with Crippen LogP contribution in [0.1, 0.15) is 18.4 Å². The van der Waals surface area contributed by atoms with Crippen LogP contribution in [0.25, 0.3) is 0 Å². The maximum atomic E-state index is 6.05. The molecule has 0 atom stereocenters. The van der Waals surface area contributed by atoms with Gasteiger partial charge in [0.2, 0.25) is 5.13 Å². The van der Waals surface area contributed by atoms with Crippen LogP contribution in [0.2, 0.25) is 5.02 Å². The molecule has 0 spiro atoms. The first kappa shape index (κ1) is 14.6. The maximum Gasteiger partial charge on any atom is 0.205 e. The molecule has 0 unspecified atom stereocenters. The van der Waals surface area contributed by atoms with Crippen molar-refractivity contribution in [1.29, 1.82) is 0 Å². The Morgan fingerprint density at radius 1 is 1.42 bits per heavy atom. The number of rotatable bonds is 6. The average molecular weight is 363 g/mol. The number of hydrogen-bond donors (Lipinski definition) is 1. The fourth-order valence-electron chi connectivity index (χ4n) is 1.34. The monoisotopic (exact) mass is 361 g/mol. The van der Waals surface area contributed by atoms with Crippen LogP contribution in [0.5, 0.6) is 5.75 Å². The summed E-state index contributed by atoms with van der Waals surface area (Å²) in [5, 5.41) is 13.5. The zero-order valence-corrected chi connectivity index (χ0v) is 13.5. The topological polar surface area (TPSA) is 47.0 Å². The molecule has 0 saturated heterocycles. The molecule has 1 aromatic heterocycles. The number of benzene rings is 1. The molecule has 0 bridgehead atoms. The second-order valence-electron chi connectivity index (χ2n) is 3.79. The summed E-state index contributed by atoms with van der Waals surface area (Å²) in [5.41, 5.74) is 0. The molecule has 4 nitrogen and oxygen atoms in total. The number of ether oxygens (including phenoxy) is 1. The van der Waals surface area contributed by atoms with Crippen molar-refractivity contribution < 1.29 is 4.74 Å². The Bertz CT molecular complexity index is 550. The fourth-order valence-corrected chi connectivity index (χ4v) is 2.53. The van der Waals surface area contributed by atoms with Crippen LogP contribution in [-0.2, 0) is 6.61 Å². The van der Waals surface area contributed by atoms with Gasteiger partial charge < -0.3 is 10.1 Å².